The molecule has 110 valence electrons. The SMILES string of the molecule is CC(C)N1C[C@H](C)[C@H](NC(=O)c2nnc(C3CC3)s2)C1. The van der Waals surface area contributed by atoms with Crippen molar-refractivity contribution in [1.82, 2.24) is 20.4 Å². The molecule has 1 saturated carbocycles. The van der Waals surface area contributed by atoms with E-state index in [0.717, 1.165) is 18.1 Å². The Morgan fingerprint density at radius 3 is 2.70 bits per heavy atom. The van der Waals surface area contributed by atoms with Gasteiger partial charge in [0.1, 0.15) is 5.01 Å². The van der Waals surface area contributed by atoms with E-state index in [9.17, 15) is 4.79 Å². The zero-order valence-corrected chi connectivity index (χ0v) is 13.1. The van der Waals surface area contributed by atoms with Crippen molar-refractivity contribution >= 4 is 17.2 Å². The molecule has 0 radical (unpaired) electrons. The van der Waals surface area contributed by atoms with Crippen LogP contribution in [0.4, 0.5) is 0 Å². The van der Waals surface area contributed by atoms with Gasteiger partial charge >= 0.3 is 0 Å². The van der Waals surface area contributed by atoms with E-state index in [0.29, 0.717) is 22.9 Å². The normalized spacial score (nSPS) is 27.2. The van der Waals surface area contributed by atoms with Gasteiger partial charge in [-0.15, -0.1) is 10.2 Å². The molecule has 1 aromatic rings. The lowest BCUT2D eigenvalue weighted by molar-refractivity contribution is 0.0929. The second-order valence-corrected chi connectivity index (χ2v) is 7.33. The highest BCUT2D eigenvalue weighted by atomic mass is 32.1. The molecule has 0 bridgehead atoms. The Morgan fingerprint density at radius 2 is 2.10 bits per heavy atom. The van der Waals surface area contributed by atoms with Crippen LogP contribution in [0.2, 0.25) is 0 Å². The van der Waals surface area contributed by atoms with Gasteiger partial charge in [0, 0.05) is 31.1 Å². The van der Waals surface area contributed by atoms with Crippen molar-refractivity contribution in [3.63, 3.8) is 0 Å². The largest absolute Gasteiger partial charge is 0.346 e. The molecular weight excluding hydrogens is 272 g/mol. The number of amides is 1. The molecule has 20 heavy (non-hydrogen) atoms. The fourth-order valence-corrected chi connectivity index (χ4v) is 3.58. The van der Waals surface area contributed by atoms with Crippen molar-refractivity contribution in [2.24, 2.45) is 5.92 Å². The molecule has 2 aliphatic rings. The van der Waals surface area contributed by atoms with Crippen molar-refractivity contribution in [3.05, 3.63) is 10.0 Å². The number of hydrogen-bond donors (Lipinski definition) is 1. The highest BCUT2D eigenvalue weighted by Crippen LogP contribution is 2.41. The van der Waals surface area contributed by atoms with Crippen LogP contribution in [0.25, 0.3) is 0 Å². The standard InChI is InChI=1S/C14H22N4OS/c1-8(2)18-6-9(3)11(7-18)15-12(19)14-17-16-13(20-14)10-4-5-10/h8-11H,4-7H2,1-3H3,(H,15,19)/t9-,11+/m0/s1. The average molecular weight is 294 g/mol. The summed E-state index contributed by atoms with van der Waals surface area (Å²) < 4.78 is 0. The summed E-state index contributed by atoms with van der Waals surface area (Å²) in [6, 6.07) is 0.750. The van der Waals surface area contributed by atoms with Gasteiger partial charge in [-0.3, -0.25) is 9.69 Å². The molecule has 5 nitrogen and oxygen atoms in total. The maximum Gasteiger partial charge on any atom is 0.282 e. The van der Waals surface area contributed by atoms with E-state index >= 15 is 0 Å². The van der Waals surface area contributed by atoms with E-state index in [1.54, 1.807) is 0 Å². The van der Waals surface area contributed by atoms with E-state index in [1.165, 1.54) is 24.2 Å². The van der Waals surface area contributed by atoms with Crippen molar-refractivity contribution in [1.29, 1.82) is 0 Å². The molecule has 3 rings (SSSR count). The number of nitrogens with one attached hydrogen (secondary N) is 1. The van der Waals surface area contributed by atoms with Gasteiger partial charge in [-0.25, -0.2) is 0 Å². The molecule has 2 heterocycles. The van der Waals surface area contributed by atoms with Crippen LogP contribution in [-0.4, -0.2) is 46.2 Å². The molecule has 2 atom stereocenters. The Hall–Kier alpha value is -1.01. The molecule has 0 unspecified atom stereocenters. The molecule has 1 saturated heterocycles. The molecule has 1 N–H and O–H groups in total. The van der Waals surface area contributed by atoms with E-state index in [1.807, 2.05) is 0 Å². The Labute approximate surface area is 123 Å². The third-order valence-electron chi connectivity index (χ3n) is 4.25. The Bertz CT molecular complexity index is 497. The highest BCUT2D eigenvalue weighted by molar-refractivity contribution is 7.13. The second-order valence-electron chi connectivity index (χ2n) is 6.32. The first-order chi connectivity index (χ1) is 9.54. The Kier molecular flexibility index (Phi) is 3.77. The van der Waals surface area contributed by atoms with Crippen molar-refractivity contribution in [2.75, 3.05) is 13.1 Å². The third-order valence-corrected chi connectivity index (χ3v) is 5.33. The minimum atomic E-state index is -0.0585. The molecule has 1 aliphatic carbocycles. The number of carbonyl (C=O) groups excluding carboxylic acids is 1. The van der Waals surface area contributed by atoms with E-state index in [2.05, 4.69) is 41.2 Å². The minimum Gasteiger partial charge on any atom is -0.346 e. The summed E-state index contributed by atoms with van der Waals surface area (Å²) in [5.41, 5.74) is 0. The average Bonchev–Trinajstić information content (AvgIpc) is 3.01. The molecule has 2 fully saturated rings. The Balaban J connectivity index is 1.60. The topological polar surface area (TPSA) is 58.1 Å². The van der Waals surface area contributed by atoms with Crippen molar-refractivity contribution < 1.29 is 4.79 Å². The first kappa shape index (κ1) is 13.9. The number of aromatic nitrogens is 2. The van der Waals surface area contributed by atoms with Crippen LogP contribution >= 0.6 is 11.3 Å². The fourth-order valence-electron chi connectivity index (χ4n) is 2.67. The Morgan fingerprint density at radius 1 is 1.35 bits per heavy atom. The lowest BCUT2D eigenvalue weighted by atomic mass is 10.1. The smallest absolute Gasteiger partial charge is 0.282 e. The predicted octanol–water partition coefficient (Wildman–Crippen LogP) is 1.87. The highest BCUT2D eigenvalue weighted by Gasteiger charge is 2.33. The summed E-state index contributed by atoms with van der Waals surface area (Å²) in [6.07, 6.45) is 2.39. The molecular formula is C14H22N4OS. The first-order valence-corrected chi connectivity index (χ1v) is 8.24. The lowest BCUT2D eigenvalue weighted by Gasteiger charge is -2.20. The van der Waals surface area contributed by atoms with Gasteiger partial charge in [0.2, 0.25) is 5.01 Å². The van der Waals surface area contributed by atoms with E-state index < -0.39 is 0 Å². The fraction of sp³-hybridized carbons (Fsp3) is 0.786. The van der Waals surface area contributed by atoms with E-state index in [-0.39, 0.29) is 11.9 Å². The summed E-state index contributed by atoms with van der Waals surface area (Å²) in [7, 11) is 0. The maximum atomic E-state index is 12.3. The monoisotopic (exact) mass is 294 g/mol. The number of rotatable bonds is 4. The number of carbonyl (C=O) groups is 1. The van der Waals surface area contributed by atoms with Crippen LogP contribution in [0.3, 0.4) is 0 Å². The van der Waals surface area contributed by atoms with Gasteiger partial charge < -0.3 is 5.32 Å². The van der Waals surface area contributed by atoms with Gasteiger partial charge in [0.25, 0.3) is 5.91 Å². The predicted molar refractivity (Wildman–Crippen MR) is 79.0 cm³/mol. The van der Waals surface area contributed by atoms with Gasteiger partial charge in [-0.2, -0.15) is 0 Å². The van der Waals surface area contributed by atoms with Crippen LogP contribution in [0.1, 0.15) is 54.3 Å². The molecule has 1 amide bonds. The first-order valence-electron chi connectivity index (χ1n) is 7.43. The number of likely N-dealkylation sites (tertiary alicyclic amines) is 1. The molecule has 1 aliphatic heterocycles. The summed E-state index contributed by atoms with van der Waals surface area (Å²) in [4.78, 5) is 14.7. The van der Waals surface area contributed by atoms with Crippen molar-refractivity contribution in [3.8, 4) is 0 Å². The summed E-state index contributed by atoms with van der Waals surface area (Å²) >= 11 is 1.46. The van der Waals surface area contributed by atoms with Crippen LogP contribution in [-0.2, 0) is 0 Å². The van der Waals surface area contributed by atoms with Gasteiger partial charge in [-0.1, -0.05) is 18.3 Å². The zero-order valence-electron chi connectivity index (χ0n) is 12.3. The second kappa shape index (κ2) is 5.41. The van der Waals surface area contributed by atoms with E-state index in [4.69, 9.17) is 0 Å². The quantitative estimate of drug-likeness (QED) is 0.921. The van der Waals surface area contributed by atoms with Crippen molar-refractivity contribution in [2.45, 2.75) is 51.6 Å². The molecule has 6 heteroatoms. The van der Waals surface area contributed by atoms with Crippen LogP contribution in [0, 0.1) is 5.92 Å². The maximum absolute atomic E-state index is 12.3. The lowest BCUT2D eigenvalue weighted by Crippen LogP contribution is -2.40. The molecule has 0 spiro atoms. The van der Waals surface area contributed by atoms with Gasteiger partial charge in [-0.05, 0) is 32.6 Å². The third kappa shape index (κ3) is 2.86. The molecule has 0 aromatic carbocycles. The number of hydrogen-bond acceptors (Lipinski definition) is 5. The molecule has 1 aromatic heterocycles. The summed E-state index contributed by atoms with van der Waals surface area (Å²) in [6.45, 7) is 8.57. The number of nitrogens with zero attached hydrogens (tertiary/aromatic N) is 3. The zero-order chi connectivity index (χ0) is 14.3. The van der Waals surface area contributed by atoms with Crippen LogP contribution in [0.5, 0.6) is 0 Å². The minimum absolute atomic E-state index is 0.0585. The van der Waals surface area contributed by atoms with Gasteiger partial charge in [0.05, 0.1) is 0 Å². The summed E-state index contributed by atoms with van der Waals surface area (Å²) in [5, 5.41) is 12.8. The van der Waals surface area contributed by atoms with Crippen LogP contribution < -0.4 is 5.32 Å². The summed E-state index contributed by atoms with van der Waals surface area (Å²) in [5.74, 6) is 0.991. The van der Waals surface area contributed by atoms with Gasteiger partial charge in [0.15, 0.2) is 0 Å². The van der Waals surface area contributed by atoms with Crippen LogP contribution in [0.15, 0.2) is 0 Å².